The lowest BCUT2D eigenvalue weighted by Gasteiger charge is -2.27. The summed E-state index contributed by atoms with van der Waals surface area (Å²) in [5.41, 5.74) is 12.9. The summed E-state index contributed by atoms with van der Waals surface area (Å²) in [6, 6.07) is 72.2. The number of rotatable bonds is 9. The third-order valence-electron chi connectivity index (χ3n) is 10.4. The molecule has 0 aliphatic heterocycles. The van der Waals surface area contributed by atoms with E-state index in [2.05, 4.69) is 234 Å². The van der Waals surface area contributed by atoms with Crippen LogP contribution in [0.25, 0.3) is 33.0 Å². The van der Waals surface area contributed by atoms with E-state index < -0.39 is 0 Å². The summed E-state index contributed by atoms with van der Waals surface area (Å²) < 4.78 is 0. The van der Waals surface area contributed by atoms with E-state index in [0.717, 1.165) is 40.5 Å². The van der Waals surface area contributed by atoms with Gasteiger partial charge in [0.2, 0.25) is 0 Å². The van der Waals surface area contributed by atoms with Gasteiger partial charge in [-0.2, -0.15) is 0 Å². The van der Waals surface area contributed by atoms with Gasteiger partial charge in [-0.15, -0.1) is 0 Å². The van der Waals surface area contributed by atoms with Crippen LogP contribution in [0.3, 0.4) is 0 Å². The molecule has 0 saturated carbocycles. The Bertz CT molecular complexity index is 2530. The number of fused-ring (bicyclic) bond motifs is 1. The Kier molecular flexibility index (Phi) is 9.15. The molecule has 8 aromatic rings. The largest absolute Gasteiger partial charge is 0.311 e. The van der Waals surface area contributed by atoms with Gasteiger partial charge in [-0.25, -0.2) is 0 Å². The van der Waals surface area contributed by atoms with Crippen molar-refractivity contribution in [1.29, 1.82) is 0 Å². The SMILES string of the molecule is C1=CCC(c2ccc(N(c3ccc(-c4ccccc4)cc3)c3ccc(-c4ccc(N(c5ccccc5)c5cccc6ccccc56)cc4)cc3)cc2)C=C1. The van der Waals surface area contributed by atoms with Gasteiger partial charge in [0.1, 0.15) is 0 Å². The van der Waals surface area contributed by atoms with Crippen LogP contribution >= 0.6 is 0 Å². The maximum atomic E-state index is 2.35. The lowest BCUT2D eigenvalue weighted by atomic mass is 9.92. The van der Waals surface area contributed by atoms with Gasteiger partial charge >= 0.3 is 0 Å². The van der Waals surface area contributed by atoms with Crippen molar-refractivity contribution in [1.82, 2.24) is 0 Å². The maximum Gasteiger partial charge on any atom is 0.0540 e. The van der Waals surface area contributed by atoms with Crippen LogP contribution in [0.15, 0.2) is 224 Å². The Morgan fingerprint density at radius 3 is 1.39 bits per heavy atom. The van der Waals surface area contributed by atoms with E-state index in [4.69, 9.17) is 0 Å². The topological polar surface area (TPSA) is 6.48 Å². The lowest BCUT2D eigenvalue weighted by Crippen LogP contribution is -2.10. The minimum atomic E-state index is 0.417. The Balaban J connectivity index is 1.04. The van der Waals surface area contributed by atoms with Crippen LogP contribution in [-0.4, -0.2) is 0 Å². The zero-order chi connectivity index (χ0) is 36.1. The molecule has 0 radical (unpaired) electrons. The van der Waals surface area contributed by atoms with Crippen LogP contribution in [0, 0.1) is 0 Å². The molecule has 0 heterocycles. The molecule has 0 N–H and O–H groups in total. The van der Waals surface area contributed by atoms with Crippen molar-refractivity contribution >= 4 is 44.9 Å². The second-order valence-corrected chi connectivity index (χ2v) is 13.8. The first kappa shape index (κ1) is 33.0. The lowest BCUT2D eigenvalue weighted by molar-refractivity contribution is 0.854. The third kappa shape index (κ3) is 6.74. The van der Waals surface area contributed by atoms with Gasteiger partial charge in [-0.3, -0.25) is 0 Å². The van der Waals surface area contributed by atoms with Gasteiger partial charge < -0.3 is 9.80 Å². The maximum absolute atomic E-state index is 2.35. The van der Waals surface area contributed by atoms with Crippen LogP contribution in [0.4, 0.5) is 34.1 Å². The van der Waals surface area contributed by atoms with Gasteiger partial charge in [-0.1, -0.05) is 158 Å². The highest BCUT2D eigenvalue weighted by Crippen LogP contribution is 2.41. The fourth-order valence-electron chi connectivity index (χ4n) is 7.59. The Hall–Kier alpha value is -6.90. The zero-order valence-electron chi connectivity index (χ0n) is 30.0. The van der Waals surface area contributed by atoms with Crippen molar-refractivity contribution in [2.75, 3.05) is 9.80 Å². The summed E-state index contributed by atoms with van der Waals surface area (Å²) in [6.07, 6.45) is 9.87. The molecule has 1 atom stereocenters. The highest BCUT2D eigenvalue weighted by Gasteiger charge is 2.17. The molecule has 0 spiro atoms. The quantitative estimate of drug-likeness (QED) is 0.149. The normalized spacial score (nSPS) is 13.5. The molecule has 8 aromatic carbocycles. The second-order valence-electron chi connectivity index (χ2n) is 13.8. The second kappa shape index (κ2) is 15.0. The van der Waals surface area contributed by atoms with Crippen molar-refractivity contribution in [3.05, 3.63) is 230 Å². The molecule has 0 saturated heterocycles. The van der Waals surface area contributed by atoms with Crippen LogP contribution < -0.4 is 9.80 Å². The smallest absolute Gasteiger partial charge is 0.0540 e. The van der Waals surface area contributed by atoms with Crippen molar-refractivity contribution in [2.24, 2.45) is 0 Å². The summed E-state index contributed by atoms with van der Waals surface area (Å²) >= 11 is 0. The number of allylic oxidation sites excluding steroid dienone is 4. The van der Waals surface area contributed by atoms with E-state index >= 15 is 0 Å². The highest BCUT2D eigenvalue weighted by atomic mass is 15.1. The number of anilines is 6. The number of hydrogen-bond donors (Lipinski definition) is 0. The van der Waals surface area contributed by atoms with Crippen LogP contribution in [0.1, 0.15) is 17.9 Å². The summed E-state index contributed by atoms with van der Waals surface area (Å²) in [5, 5.41) is 2.45. The molecule has 1 unspecified atom stereocenters. The molecule has 0 fully saturated rings. The van der Waals surface area contributed by atoms with E-state index in [0.29, 0.717) is 5.92 Å². The molecule has 1 aliphatic rings. The van der Waals surface area contributed by atoms with Gasteiger partial charge in [0.25, 0.3) is 0 Å². The monoisotopic (exact) mass is 692 g/mol. The summed E-state index contributed by atoms with van der Waals surface area (Å²) in [7, 11) is 0. The first-order chi connectivity index (χ1) is 26.8. The molecule has 0 amide bonds. The number of hydrogen-bond acceptors (Lipinski definition) is 2. The number of nitrogens with zero attached hydrogens (tertiary/aromatic N) is 2. The standard InChI is InChI=1S/C52H40N2/c1-4-13-39(14-5-1)41-23-31-47(32-24-41)53(48-33-25-42(26-34-48)40-15-6-2-7-16-40)49-35-27-43(28-36-49)44-29-37-50(38-30-44)54(46-19-8-3-9-20-46)52-22-12-18-45-17-10-11-21-51(45)52/h1-15,17-38,40H,16H2. The molecule has 2 nitrogen and oxygen atoms in total. The molecular weight excluding hydrogens is 653 g/mol. The third-order valence-corrected chi connectivity index (χ3v) is 10.4. The van der Waals surface area contributed by atoms with Crippen molar-refractivity contribution in [3.8, 4) is 22.3 Å². The minimum absolute atomic E-state index is 0.417. The summed E-state index contributed by atoms with van der Waals surface area (Å²) in [5.74, 6) is 0.417. The molecule has 258 valence electrons. The minimum Gasteiger partial charge on any atom is -0.311 e. The Labute approximate surface area is 318 Å². The van der Waals surface area contributed by atoms with Crippen molar-refractivity contribution < 1.29 is 0 Å². The van der Waals surface area contributed by atoms with Gasteiger partial charge in [0.15, 0.2) is 0 Å². The van der Waals surface area contributed by atoms with Crippen molar-refractivity contribution in [2.45, 2.75) is 12.3 Å². The summed E-state index contributed by atoms with van der Waals surface area (Å²) in [6.45, 7) is 0. The van der Waals surface area contributed by atoms with Gasteiger partial charge in [0, 0.05) is 39.7 Å². The molecule has 2 heteroatoms. The average Bonchev–Trinajstić information content (AvgIpc) is 3.26. The van der Waals surface area contributed by atoms with Crippen LogP contribution in [-0.2, 0) is 0 Å². The molecule has 1 aliphatic carbocycles. The zero-order valence-corrected chi connectivity index (χ0v) is 30.0. The molecule has 0 aromatic heterocycles. The van der Waals surface area contributed by atoms with E-state index in [-0.39, 0.29) is 0 Å². The van der Waals surface area contributed by atoms with E-state index in [9.17, 15) is 0 Å². The Morgan fingerprint density at radius 1 is 0.352 bits per heavy atom. The number of para-hydroxylation sites is 1. The molecule has 0 bridgehead atoms. The first-order valence-corrected chi connectivity index (χ1v) is 18.7. The average molecular weight is 693 g/mol. The van der Waals surface area contributed by atoms with Crippen LogP contribution in [0.2, 0.25) is 0 Å². The van der Waals surface area contributed by atoms with E-state index in [1.807, 2.05) is 0 Å². The van der Waals surface area contributed by atoms with Gasteiger partial charge in [-0.05, 0) is 106 Å². The fourth-order valence-corrected chi connectivity index (χ4v) is 7.59. The van der Waals surface area contributed by atoms with E-state index in [1.165, 1.54) is 38.6 Å². The van der Waals surface area contributed by atoms with Crippen LogP contribution in [0.5, 0.6) is 0 Å². The van der Waals surface area contributed by atoms with Crippen molar-refractivity contribution in [3.63, 3.8) is 0 Å². The predicted molar refractivity (Wildman–Crippen MR) is 230 cm³/mol. The Morgan fingerprint density at radius 2 is 0.815 bits per heavy atom. The first-order valence-electron chi connectivity index (χ1n) is 18.7. The summed E-state index contributed by atoms with van der Waals surface area (Å²) in [4.78, 5) is 4.70. The fraction of sp³-hybridized carbons (Fsp3) is 0.0385. The molecule has 54 heavy (non-hydrogen) atoms. The predicted octanol–water partition coefficient (Wildman–Crippen LogP) is 14.7. The van der Waals surface area contributed by atoms with E-state index in [1.54, 1.807) is 0 Å². The van der Waals surface area contributed by atoms with Gasteiger partial charge in [0.05, 0.1) is 5.69 Å². The highest BCUT2D eigenvalue weighted by molar-refractivity contribution is 5.99. The molecular formula is C52H40N2. The molecule has 9 rings (SSSR count). The number of benzene rings is 8.